The second-order valence-corrected chi connectivity index (χ2v) is 6.77. The van der Waals surface area contributed by atoms with Gasteiger partial charge in [0.1, 0.15) is 0 Å². The van der Waals surface area contributed by atoms with Gasteiger partial charge in [0.25, 0.3) is 0 Å². The lowest BCUT2D eigenvalue weighted by Gasteiger charge is -2.26. The largest absolute Gasteiger partial charge is 0.324 e. The summed E-state index contributed by atoms with van der Waals surface area (Å²) in [6, 6.07) is 8.81. The minimum Gasteiger partial charge on any atom is -0.324 e. The number of benzene rings is 1. The van der Waals surface area contributed by atoms with Gasteiger partial charge in [-0.3, -0.25) is 0 Å². The maximum Gasteiger partial charge on any atom is 0.0297 e. The maximum absolute atomic E-state index is 6.38. The molecule has 102 valence electrons. The van der Waals surface area contributed by atoms with Crippen molar-refractivity contribution in [3.8, 4) is 0 Å². The lowest BCUT2D eigenvalue weighted by Crippen LogP contribution is -2.20. The fourth-order valence-corrected chi connectivity index (χ4v) is 2.40. The molecule has 0 saturated carbocycles. The molecule has 0 fully saturated rings. The Morgan fingerprint density at radius 1 is 1.06 bits per heavy atom. The van der Waals surface area contributed by atoms with Crippen molar-refractivity contribution in [1.29, 1.82) is 0 Å². The van der Waals surface area contributed by atoms with Crippen LogP contribution in [0.25, 0.3) is 0 Å². The Labute approximate surface area is 113 Å². The van der Waals surface area contributed by atoms with Crippen LogP contribution in [-0.4, -0.2) is 0 Å². The SMILES string of the molecule is CC(C)CCCC(N)c1ccccc1C(C)(C)C. The van der Waals surface area contributed by atoms with Crippen molar-refractivity contribution in [2.24, 2.45) is 11.7 Å². The van der Waals surface area contributed by atoms with Crippen LogP contribution in [-0.2, 0) is 5.41 Å². The molecular formula is C17H29N. The molecule has 1 aromatic carbocycles. The summed E-state index contributed by atoms with van der Waals surface area (Å²) >= 11 is 0. The van der Waals surface area contributed by atoms with E-state index in [1.165, 1.54) is 24.0 Å². The van der Waals surface area contributed by atoms with Crippen LogP contribution in [0.5, 0.6) is 0 Å². The normalized spacial score (nSPS) is 13.9. The van der Waals surface area contributed by atoms with E-state index >= 15 is 0 Å². The summed E-state index contributed by atoms with van der Waals surface area (Å²) in [5.74, 6) is 0.773. The molecule has 2 N–H and O–H groups in total. The van der Waals surface area contributed by atoms with E-state index in [-0.39, 0.29) is 11.5 Å². The highest BCUT2D eigenvalue weighted by atomic mass is 14.6. The lowest BCUT2D eigenvalue weighted by molar-refractivity contribution is 0.496. The lowest BCUT2D eigenvalue weighted by atomic mass is 9.81. The first-order chi connectivity index (χ1) is 8.32. The van der Waals surface area contributed by atoms with E-state index < -0.39 is 0 Å². The molecule has 0 aliphatic rings. The van der Waals surface area contributed by atoms with Crippen LogP contribution in [0.15, 0.2) is 24.3 Å². The Bertz CT molecular complexity index is 360. The fraction of sp³-hybridized carbons (Fsp3) is 0.647. The molecule has 0 amide bonds. The molecule has 0 aromatic heterocycles. The molecule has 1 aromatic rings. The van der Waals surface area contributed by atoms with Gasteiger partial charge in [-0.2, -0.15) is 0 Å². The van der Waals surface area contributed by atoms with E-state index in [2.05, 4.69) is 58.9 Å². The van der Waals surface area contributed by atoms with Crippen LogP contribution in [0.3, 0.4) is 0 Å². The predicted octanol–water partition coefficient (Wildman–Crippen LogP) is 4.81. The zero-order chi connectivity index (χ0) is 13.8. The van der Waals surface area contributed by atoms with Gasteiger partial charge in [0, 0.05) is 6.04 Å². The fourth-order valence-electron chi connectivity index (χ4n) is 2.40. The molecule has 0 bridgehead atoms. The minimum absolute atomic E-state index is 0.173. The number of hydrogen-bond donors (Lipinski definition) is 1. The Hall–Kier alpha value is -0.820. The Morgan fingerprint density at radius 2 is 1.67 bits per heavy atom. The molecule has 0 heterocycles. The van der Waals surface area contributed by atoms with Gasteiger partial charge in [-0.05, 0) is 28.9 Å². The molecule has 0 saturated heterocycles. The highest BCUT2D eigenvalue weighted by Gasteiger charge is 2.20. The van der Waals surface area contributed by atoms with E-state index in [1.807, 2.05) is 0 Å². The predicted molar refractivity (Wildman–Crippen MR) is 80.8 cm³/mol. The number of hydrogen-bond acceptors (Lipinski definition) is 1. The molecule has 1 atom stereocenters. The van der Waals surface area contributed by atoms with E-state index in [1.54, 1.807) is 0 Å². The first kappa shape index (κ1) is 15.2. The molecule has 0 spiro atoms. The zero-order valence-corrected chi connectivity index (χ0v) is 12.7. The first-order valence-electron chi connectivity index (χ1n) is 7.17. The van der Waals surface area contributed by atoms with Crippen LogP contribution in [0, 0.1) is 5.92 Å². The van der Waals surface area contributed by atoms with Crippen molar-refractivity contribution < 1.29 is 0 Å². The van der Waals surface area contributed by atoms with Crippen LogP contribution in [0.4, 0.5) is 0 Å². The van der Waals surface area contributed by atoms with Gasteiger partial charge in [-0.15, -0.1) is 0 Å². The van der Waals surface area contributed by atoms with E-state index in [0.29, 0.717) is 0 Å². The van der Waals surface area contributed by atoms with Gasteiger partial charge >= 0.3 is 0 Å². The van der Waals surface area contributed by atoms with Crippen molar-refractivity contribution in [3.05, 3.63) is 35.4 Å². The molecule has 1 nitrogen and oxygen atoms in total. The average Bonchev–Trinajstić information content (AvgIpc) is 2.27. The van der Waals surface area contributed by atoms with Crippen molar-refractivity contribution in [3.63, 3.8) is 0 Å². The van der Waals surface area contributed by atoms with Crippen molar-refractivity contribution in [1.82, 2.24) is 0 Å². The van der Waals surface area contributed by atoms with E-state index in [0.717, 1.165) is 12.3 Å². The topological polar surface area (TPSA) is 26.0 Å². The van der Waals surface area contributed by atoms with Gasteiger partial charge in [0.15, 0.2) is 0 Å². The molecule has 0 radical (unpaired) electrons. The van der Waals surface area contributed by atoms with E-state index in [9.17, 15) is 0 Å². The highest BCUT2D eigenvalue weighted by molar-refractivity contribution is 5.34. The third kappa shape index (κ3) is 4.45. The Kier molecular flexibility index (Phi) is 5.40. The molecule has 1 unspecified atom stereocenters. The molecule has 18 heavy (non-hydrogen) atoms. The second kappa shape index (κ2) is 6.38. The summed E-state index contributed by atoms with van der Waals surface area (Å²) in [6.45, 7) is 11.3. The first-order valence-corrected chi connectivity index (χ1v) is 7.17. The Balaban J connectivity index is 2.76. The molecule has 1 heteroatoms. The third-order valence-corrected chi connectivity index (χ3v) is 3.46. The molecule has 0 aliphatic carbocycles. The van der Waals surface area contributed by atoms with Gasteiger partial charge in [-0.25, -0.2) is 0 Å². The average molecular weight is 247 g/mol. The second-order valence-electron chi connectivity index (χ2n) is 6.77. The van der Waals surface area contributed by atoms with Crippen LogP contribution < -0.4 is 5.73 Å². The zero-order valence-electron chi connectivity index (χ0n) is 12.7. The summed E-state index contributed by atoms with van der Waals surface area (Å²) in [4.78, 5) is 0. The standard InChI is InChI=1S/C17H29N/c1-13(2)9-8-12-16(18)14-10-6-7-11-15(14)17(3,4)5/h6-7,10-11,13,16H,8-9,12,18H2,1-5H3. The van der Waals surface area contributed by atoms with Crippen molar-refractivity contribution >= 4 is 0 Å². The molecular weight excluding hydrogens is 218 g/mol. The summed E-state index contributed by atoms with van der Waals surface area (Å²) in [5.41, 5.74) is 9.27. The quantitative estimate of drug-likeness (QED) is 0.794. The van der Waals surface area contributed by atoms with Crippen LogP contribution in [0.2, 0.25) is 0 Å². The van der Waals surface area contributed by atoms with Gasteiger partial charge in [-0.1, -0.05) is 71.7 Å². The van der Waals surface area contributed by atoms with Crippen LogP contribution >= 0.6 is 0 Å². The molecule has 0 aliphatic heterocycles. The number of nitrogens with two attached hydrogens (primary N) is 1. The number of rotatable bonds is 5. The van der Waals surface area contributed by atoms with Crippen LogP contribution in [0.1, 0.15) is 71.0 Å². The molecule has 1 rings (SSSR count). The summed E-state index contributed by atoms with van der Waals surface area (Å²) in [5, 5.41) is 0. The van der Waals surface area contributed by atoms with Gasteiger partial charge in [0.2, 0.25) is 0 Å². The van der Waals surface area contributed by atoms with Gasteiger partial charge < -0.3 is 5.73 Å². The highest BCUT2D eigenvalue weighted by Crippen LogP contribution is 2.30. The summed E-state index contributed by atoms with van der Waals surface area (Å²) in [6.07, 6.45) is 3.58. The maximum atomic E-state index is 6.38. The summed E-state index contributed by atoms with van der Waals surface area (Å²) < 4.78 is 0. The third-order valence-electron chi connectivity index (χ3n) is 3.46. The van der Waals surface area contributed by atoms with E-state index in [4.69, 9.17) is 5.73 Å². The van der Waals surface area contributed by atoms with Crippen molar-refractivity contribution in [2.45, 2.75) is 65.3 Å². The monoisotopic (exact) mass is 247 g/mol. The Morgan fingerprint density at radius 3 is 2.22 bits per heavy atom. The van der Waals surface area contributed by atoms with Gasteiger partial charge in [0.05, 0.1) is 0 Å². The smallest absolute Gasteiger partial charge is 0.0297 e. The minimum atomic E-state index is 0.173. The van der Waals surface area contributed by atoms with Crippen molar-refractivity contribution in [2.75, 3.05) is 0 Å². The summed E-state index contributed by atoms with van der Waals surface area (Å²) in [7, 11) is 0.